The van der Waals surface area contributed by atoms with Crippen LogP contribution in [0.15, 0.2) is 36.4 Å². The average molecular weight is 516 g/mol. The Balaban J connectivity index is 2.46. The number of alkyl halides is 2. The van der Waals surface area contributed by atoms with Crippen LogP contribution in [0.2, 0.25) is 0 Å². The number of hydrogen-bond acceptors (Lipinski definition) is 5. The van der Waals surface area contributed by atoms with Crippen molar-refractivity contribution >= 4 is 37.6 Å². The first-order valence-corrected chi connectivity index (χ1v) is 10.9. The fourth-order valence-corrected chi connectivity index (χ4v) is 4.42. The molecule has 2 atom stereocenters. The molecule has 2 rings (SSSR count). The van der Waals surface area contributed by atoms with Gasteiger partial charge in [0.05, 0.1) is 40.3 Å². The van der Waals surface area contributed by atoms with Crippen LogP contribution in [-0.4, -0.2) is 44.9 Å². The van der Waals surface area contributed by atoms with Crippen molar-refractivity contribution in [2.24, 2.45) is 0 Å². The molecule has 0 radical (unpaired) electrons. The van der Waals surface area contributed by atoms with Crippen molar-refractivity contribution in [3.05, 3.63) is 47.5 Å². The van der Waals surface area contributed by atoms with Crippen molar-refractivity contribution in [1.29, 1.82) is 0 Å². The first-order chi connectivity index (χ1) is 13.5. The van der Waals surface area contributed by atoms with Crippen LogP contribution in [0.3, 0.4) is 0 Å². The number of ether oxygens (including phenoxy) is 4. The number of benzene rings is 2. The van der Waals surface area contributed by atoms with Crippen molar-refractivity contribution in [3.8, 4) is 23.0 Å². The van der Waals surface area contributed by atoms with Gasteiger partial charge in [-0.1, -0.05) is 44.0 Å². The number of hydrogen-bond donors (Lipinski definition) is 0. The molecule has 0 heterocycles. The number of Topliss-reactive ketones (excluding diaryl/α,β-unsaturated/α-hetero) is 1. The molecule has 2 aromatic rings. The minimum Gasteiger partial charge on any atom is -0.497 e. The Bertz CT molecular complexity index is 744. The molecule has 0 spiro atoms. The predicted molar refractivity (Wildman–Crippen MR) is 117 cm³/mol. The SMILES string of the molecule is COc1ccc(C(CBr)C(=O)C(CBr)c2ccc(OC)cc2OC)c(OC)c1. The van der Waals surface area contributed by atoms with Crippen molar-refractivity contribution < 1.29 is 23.7 Å². The highest BCUT2D eigenvalue weighted by molar-refractivity contribution is 9.09. The lowest BCUT2D eigenvalue weighted by molar-refractivity contribution is -0.121. The lowest BCUT2D eigenvalue weighted by atomic mass is 9.85. The molecule has 0 saturated carbocycles. The van der Waals surface area contributed by atoms with E-state index in [9.17, 15) is 4.79 Å². The summed E-state index contributed by atoms with van der Waals surface area (Å²) in [6, 6.07) is 11.0. The van der Waals surface area contributed by atoms with Gasteiger partial charge in [-0.25, -0.2) is 0 Å². The van der Waals surface area contributed by atoms with Gasteiger partial charge in [0.1, 0.15) is 28.8 Å². The second-order valence-electron chi connectivity index (χ2n) is 6.03. The summed E-state index contributed by atoms with van der Waals surface area (Å²) in [7, 11) is 6.36. The third kappa shape index (κ3) is 4.81. The molecule has 28 heavy (non-hydrogen) atoms. The van der Waals surface area contributed by atoms with Gasteiger partial charge in [0.25, 0.3) is 0 Å². The molecular weight excluding hydrogens is 492 g/mol. The number of halogens is 2. The quantitative estimate of drug-likeness (QED) is 0.419. The Morgan fingerprint density at radius 3 is 1.43 bits per heavy atom. The van der Waals surface area contributed by atoms with E-state index in [1.807, 2.05) is 24.3 Å². The van der Waals surface area contributed by atoms with Gasteiger partial charge in [-0.2, -0.15) is 0 Å². The van der Waals surface area contributed by atoms with E-state index in [1.165, 1.54) is 0 Å². The topological polar surface area (TPSA) is 54.0 Å². The Kier molecular flexibility index (Phi) is 8.63. The zero-order chi connectivity index (χ0) is 20.7. The molecule has 0 aromatic heterocycles. The second-order valence-corrected chi connectivity index (χ2v) is 7.33. The normalized spacial score (nSPS) is 12.8. The summed E-state index contributed by atoms with van der Waals surface area (Å²) in [5.74, 6) is 1.86. The third-order valence-electron chi connectivity index (χ3n) is 4.63. The van der Waals surface area contributed by atoms with E-state index in [4.69, 9.17) is 18.9 Å². The average Bonchev–Trinajstić information content (AvgIpc) is 2.75. The van der Waals surface area contributed by atoms with Gasteiger partial charge in [-0.05, 0) is 12.1 Å². The van der Waals surface area contributed by atoms with Crippen LogP contribution in [0.5, 0.6) is 23.0 Å². The molecule has 0 aliphatic heterocycles. The molecule has 5 nitrogen and oxygen atoms in total. The lowest BCUT2D eigenvalue weighted by Crippen LogP contribution is -2.24. The Hall–Kier alpha value is -1.73. The molecule has 0 aliphatic rings. The summed E-state index contributed by atoms with van der Waals surface area (Å²) in [6.45, 7) is 0. The molecule has 0 amide bonds. The van der Waals surface area contributed by atoms with Gasteiger partial charge in [0.15, 0.2) is 0 Å². The molecule has 0 saturated heterocycles. The highest BCUT2D eigenvalue weighted by Gasteiger charge is 2.32. The number of rotatable bonds is 10. The van der Waals surface area contributed by atoms with E-state index in [0.717, 1.165) is 11.1 Å². The second kappa shape index (κ2) is 10.7. The molecule has 2 aromatic carbocycles. The molecule has 7 heteroatoms. The molecule has 152 valence electrons. The fourth-order valence-electron chi connectivity index (χ4n) is 3.08. The summed E-state index contributed by atoms with van der Waals surface area (Å²) >= 11 is 7.01. The van der Waals surface area contributed by atoms with E-state index in [1.54, 1.807) is 40.6 Å². The third-order valence-corrected chi connectivity index (χ3v) is 5.92. The number of carbonyl (C=O) groups is 1. The van der Waals surface area contributed by atoms with Crippen molar-refractivity contribution in [2.75, 3.05) is 39.1 Å². The Morgan fingerprint density at radius 2 is 1.14 bits per heavy atom. The van der Waals surface area contributed by atoms with Crippen LogP contribution in [-0.2, 0) is 4.79 Å². The maximum atomic E-state index is 13.5. The highest BCUT2D eigenvalue weighted by atomic mass is 79.9. The first-order valence-electron chi connectivity index (χ1n) is 8.64. The van der Waals surface area contributed by atoms with Crippen molar-refractivity contribution in [3.63, 3.8) is 0 Å². The smallest absolute Gasteiger partial charge is 0.149 e. The van der Waals surface area contributed by atoms with Gasteiger partial charge < -0.3 is 18.9 Å². The minimum atomic E-state index is -0.393. The van der Waals surface area contributed by atoms with Gasteiger partial charge in [0.2, 0.25) is 0 Å². The van der Waals surface area contributed by atoms with Crippen molar-refractivity contribution in [1.82, 2.24) is 0 Å². The molecule has 0 N–H and O–H groups in total. The van der Waals surface area contributed by atoms with E-state index in [0.29, 0.717) is 33.7 Å². The molecule has 2 unspecified atom stereocenters. The molecule has 0 bridgehead atoms. The van der Waals surface area contributed by atoms with E-state index in [2.05, 4.69) is 31.9 Å². The Morgan fingerprint density at radius 1 is 0.750 bits per heavy atom. The van der Waals surface area contributed by atoms with Crippen LogP contribution >= 0.6 is 31.9 Å². The first kappa shape index (κ1) is 22.6. The molecular formula is C21H24Br2O5. The summed E-state index contributed by atoms with van der Waals surface area (Å²) in [5, 5.41) is 0.937. The van der Waals surface area contributed by atoms with Gasteiger partial charge in [-0.3, -0.25) is 4.79 Å². The van der Waals surface area contributed by atoms with E-state index >= 15 is 0 Å². The number of carbonyl (C=O) groups excluding carboxylic acids is 1. The van der Waals surface area contributed by atoms with Crippen LogP contribution in [0.25, 0.3) is 0 Å². The monoisotopic (exact) mass is 514 g/mol. The number of methoxy groups -OCH3 is 4. The van der Waals surface area contributed by atoms with Crippen LogP contribution in [0, 0.1) is 0 Å². The maximum absolute atomic E-state index is 13.5. The summed E-state index contributed by atoms with van der Waals surface area (Å²) in [6.07, 6.45) is 0. The van der Waals surface area contributed by atoms with Gasteiger partial charge >= 0.3 is 0 Å². The highest BCUT2D eigenvalue weighted by Crippen LogP contribution is 2.39. The number of ketones is 1. The van der Waals surface area contributed by atoms with Gasteiger partial charge in [-0.15, -0.1) is 0 Å². The largest absolute Gasteiger partial charge is 0.497 e. The maximum Gasteiger partial charge on any atom is 0.149 e. The summed E-state index contributed by atoms with van der Waals surface area (Å²) in [4.78, 5) is 13.5. The van der Waals surface area contributed by atoms with Crippen LogP contribution < -0.4 is 18.9 Å². The van der Waals surface area contributed by atoms with E-state index < -0.39 is 11.8 Å². The Labute approximate surface area is 182 Å². The van der Waals surface area contributed by atoms with Crippen LogP contribution in [0.4, 0.5) is 0 Å². The van der Waals surface area contributed by atoms with E-state index in [-0.39, 0.29) is 5.78 Å². The summed E-state index contributed by atoms with van der Waals surface area (Å²) < 4.78 is 21.5. The lowest BCUT2D eigenvalue weighted by Gasteiger charge is -2.23. The fraction of sp³-hybridized carbons (Fsp3) is 0.381. The molecule has 0 aliphatic carbocycles. The van der Waals surface area contributed by atoms with Crippen molar-refractivity contribution in [2.45, 2.75) is 11.8 Å². The predicted octanol–water partition coefficient (Wildman–Crippen LogP) is 4.95. The zero-order valence-electron chi connectivity index (χ0n) is 16.3. The zero-order valence-corrected chi connectivity index (χ0v) is 19.5. The summed E-state index contributed by atoms with van der Waals surface area (Å²) in [5.41, 5.74) is 1.62. The van der Waals surface area contributed by atoms with Gasteiger partial charge in [0, 0.05) is 33.9 Å². The standard InChI is InChI=1S/C21H24Br2O5/c1-25-13-5-7-15(19(9-13)27-3)17(11-22)21(24)18(12-23)16-8-6-14(26-2)10-20(16)28-4/h5-10,17-18H,11-12H2,1-4H3. The minimum absolute atomic E-state index is 0.0562. The van der Waals surface area contributed by atoms with Crippen LogP contribution in [0.1, 0.15) is 23.0 Å². The molecule has 0 fully saturated rings.